The van der Waals surface area contributed by atoms with E-state index in [0.29, 0.717) is 13.2 Å². The van der Waals surface area contributed by atoms with Crippen LogP contribution in [0.15, 0.2) is 24.3 Å². The molecule has 1 aliphatic heterocycles. The maximum absolute atomic E-state index is 10.2. The van der Waals surface area contributed by atoms with Crippen LogP contribution in [0.25, 0.3) is 0 Å². The predicted octanol–water partition coefficient (Wildman–Crippen LogP) is 2.29. The molecule has 1 atom stereocenters. The van der Waals surface area contributed by atoms with Crippen LogP contribution >= 0.6 is 0 Å². The molecule has 0 saturated heterocycles. The lowest BCUT2D eigenvalue weighted by atomic mass is 9.89. The molecule has 0 bridgehead atoms. The van der Waals surface area contributed by atoms with Gasteiger partial charge < -0.3 is 9.84 Å². The molecule has 1 aliphatic rings. The molecule has 18 heavy (non-hydrogen) atoms. The minimum atomic E-state index is -0.317. The highest BCUT2D eigenvalue weighted by atomic mass is 16.5. The first kappa shape index (κ1) is 13.4. The maximum Gasteiger partial charge on any atom is 0.123 e. The van der Waals surface area contributed by atoms with Crippen LogP contribution in [-0.2, 0) is 6.54 Å². The number of ether oxygens (including phenoxy) is 1. The Balaban J connectivity index is 2.04. The Morgan fingerprint density at radius 2 is 2.06 bits per heavy atom. The number of hydrogen-bond donors (Lipinski definition) is 1. The third kappa shape index (κ3) is 3.24. The summed E-state index contributed by atoms with van der Waals surface area (Å²) in [7, 11) is 0. The molecule has 0 spiro atoms. The van der Waals surface area contributed by atoms with Crippen LogP contribution < -0.4 is 4.74 Å². The Kier molecular flexibility index (Phi) is 3.93. The number of aliphatic hydroxyl groups is 1. The summed E-state index contributed by atoms with van der Waals surface area (Å²) in [5.41, 5.74) is 1.13. The largest absolute Gasteiger partial charge is 0.492 e. The van der Waals surface area contributed by atoms with E-state index in [0.717, 1.165) is 18.8 Å². The second kappa shape index (κ2) is 5.29. The van der Waals surface area contributed by atoms with Crippen LogP contribution in [0.2, 0.25) is 0 Å². The highest BCUT2D eigenvalue weighted by molar-refractivity contribution is 5.33. The second-order valence-corrected chi connectivity index (χ2v) is 6.07. The van der Waals surface area contributed by atoms with Crippen LogP contribution in [0, 0.1) is 5.41 Å². The molecule has 1 heterocycles. The van der Waals surface area contributed by atoms with Crippen LogP contribution in [0.4, 0.5) is 0 Å². The Labute approximate surface area is 109 Å². The fourth-order valence-corrected chi connectivity index (χ4v) is 2.05. The van der Waals surface area contributed by atoms with E-state index < -0.39 is 0 Å². The van der Waals surface area contributed by atoms with Crippen molar-refractivity contribution in [3.05, 3.63) is 29.8 Å². The van der Waals surface area contributed by atoms with Crippen molar-refractivity contribution in [3.8, 4) is 5.75 Å². The molecule has 1 aromatic rings. The van der Waals surface area contributed by atoms with Gasteiger partial charge in [-0.05, 0) is 11.5 Å². The average molecular weight is 249 g/mol. The summed E-state index contributed by atoms with van der Waals surface area (Å²) in [6.45, 7) is 9.31. The van der Waals surface area contributed by atoms with E-state index in [2.05, 4.69) is 31.7 Å². The minimum Gasteiger partial charge on any atom is -0.492 e. The number of benzene rings is 1. The molecule has 0 fully saturated rings. The number of fused-ring (bicyclic) bond motifs is 1. The normalized spacial score (nSPS) is 18.7. The zero-order valence-electron chi connectivity index (χ0n) is 11.5. The Morgan fingerprint density at radius 3 is 2.78 bits per heavy atom. The molecule has 0 aromatic heterocycles. The number of β-amino-alcohol motifs (C(OH)–C–C–N with tert-alkyl or cyclic N) is 1. The van der Waals surface area contributed by atoms with Gasteiger partial charge in [-0.2, -0.15) is 0 Å². The standard InChI is InChI=1S/C15H23NO2/c1-15(2,3)14(17)11-16-8-9-18-13-7-5-4-6-12(13)10-16/h4-7,14,17H,8-11H2,1-3H3. The van der Waals surface area contributed by atoms with Crippen molar-refractivity contribution in [1.29, 1.82) is 0 Å². The van der Waals surface area contributed by atoms with Crippen molar-refractivity contribution in [2.75, 3.05) is 19.7 Å². The molecular formula is C15H23NO2. The molecular weight excluding hydrogens is 226 g/mol. The molecule has 0 saturated carbocycles. The van der Waals surface area contributed by atoms with Crippen LogP contribution in [0.1, 0.15) is 26.3 Å². The number of rotatable bonds is 2. The average Bonchev–Trinajstić information content (AvgIpc) is 2.49. The van der Waals surface area contributed by atoms with Gasteiger partial charge in [-0.3, -0.25) is 4.90 Å². The molecule has 3 nitrogen and oxygen atoms in total. The summed E-state index contributed by atoms with van der Waals surface area (Å²) in [5.74, 6) is 0.977. The lowest BCUT2D eigenvalue weighted by Crippen LogP contribution is -2.40. The summed E-state index contributed by atoms with van der Waals surface area (Å²) >= 11 is 0. The highest BCUT2D eigenvalue weighted by Gasteiger charge is 2.25. The van der Waals surface area contributed by atoms with Crippen molar-refractivity contribution in [2.24, 2.45) is 5.41 Å². The predicted molar refractivity (Wildman–Crippen MR) is 72.7 cm³/mol. The number of para-hydroxylation sites is 1. The van der Waals surface area contributed by atoms with Crippen LogP contribution in [-0.4, -0.2) is 35.8 Å². The number of aliphatic hydroxyl groups excluding tert-OH is 1. The first-order chi connectivity index (χ1) is 8.47. The SMILES string of the molecule is CC(C)(C)C(O)CN1CCOc2ccccc2C1. The quantitative estimate of drug-likeness (QED) is 0.873. The van der Waals surface area contributed by atoms with Gasteiger partial charge in [0.15, 0.2) is 0 Å². The Morgan fingerprint density at radius 1 is 1.33 bits per heavy atom. The van der Waals surface area contributed by atoms with Crippen LogP contribution in [0.3, 0.4) is 0 Å². The fraction of sp³-hybridized carbons (Fsp3) is 0.600. The molecule has 2 rings (SSSR count). The van der Waals surface area contributed by atoms with Crippen LogP contribution in [0.5, 0.6) is 5.75 Å². The van der Waals surface area contributed by atoms with Gasteiger partial charge >= 0.3 is 0 Å². The zero-order chi connectivity index (χ0) is 13.2. The molecule has 0 amide bonds. The summed E-state index contributed by atoms with van der Waals surface area (Å²) in [6, 6.07) is 8.14. The third-order valence-electron chi connectivity index (χ3n) is 3.46. The van der Waals surface area contributed by atoms with Crippen molar-refractivity contribution in [1.82, 2.24) is 4.90 Å². The monoisotopic (exact) mass is 249 g/mol. The van der Waals surface area contributed by atoms with Gasteiger partial charge in [-0.25, -0.2) is 0 Å². The van der Waals surface area contributed by atoms with E-state index in [-0.39, 0.29) is 11.5 Å². The summed E-state index contributed by atoms with van der Waals surface area (Å²) in [6.07, 6.45) is -0.317. The lowest BCUT2D eigenvalue weighted by molar-refractivity contribution is 0.0250. The molecule has 1 N–H and O–H groups in total. The van der Waals surface area contributed by atoms with Crippen molar-refractivity contribution in [2.45, 2.75) is 33.4 Å². The Bertz CT molecular complexity index is 398. The molecule has 0 radical (unpaired) electrons. The fourth-order valence-electron chi connectivity index (χ4n) is 2.05. The molecule has 100 valence electrons. The highest BCUT2D eigenvalue weighted by Crippen LogP contribution is 2.25. The van der Waals surface area contributed by atoms with E-state index in [4.69, 9.17) is 4.74 Å². The summed E-state index contributed by atoms with van der Waals surface area (Å²) < 4.78 is 5.72. The van der Waals surface area contributed by atoms with Gasteiger partial charge in [0.05, 0.1) is 6.10 Å². The zero-order valence-corrected chi connectivity index (χ0v) is 11.5. The van der Waals surface area contributed by atoms with Gasteiger partial charge in [0.2, 0.25) is 0 Å². The van der Waals surface area contributed by atoms with E-state index >= 15 is 0 Å². The van der Waals surface area contributed by atoms with Gasteiger partial charge in [0.1, 0.15) is 12.4 Å². The van der Waals surface area contributed by atoms with E-state index in [1.807, 2.05) is 18.2 Å². The number of hydrogen-bond acceptors (Lipinski definition) is 3. The second-order valence-electron chi connectivity index (χ2n) is 6.07. The van der Waals surface area contributed by atoms with Crippen molar-refractivity contribution < 1.29 is 9.84 Å². The lowest BCUT2D eigenvalue weighted by Gasteiger charge is -2.31. The van der Waals surface area contributed by atoms with Gasteiger partial charge in [-0.1, -0.05) is 39.0 Å². The Hall–Kier alpha value is -1.06. The third-order valence-corrected chi connectivity index (χ3v) is 3.46. The number of nitrogens with zero attached hydrogens (tertiary/aromatic N) is 1. The first-order valence-electron chi connectivity index (χ1n) is 6.58. The maximum atomic E-state index is 10.2. The van der Waals surface area contributed by atoms with Crippen molar-refractivity contribution >= 4 is 0 Å². The van der Waals surface area contributed by atoms with Gasteiger partial charge in [0.25, 0.3) is 0 Å². The minimum absolute atomic E-state index is 0.0767. The topological polar surface area (TPSA) is 32.7 Å². The van der Waals surface area contributed by atoms with E-state index in [1.165, 1.54) is 5.56 Å². The molecule has 1 aromatic carbocycles. The van der Waals surface area contributed by atoms with E-state index in [9.17, 15) is 5.11 Å². The van der Waals surface area contributed by atoms with Gasteiger partial charge in [0, 0.05) is 25.2 Å². The van der Waals surface area contributed by atoms with Gasteiger partial charge in [-0.15, -0.1) is 0 Å². The summed E-state index contributed by atoms with van der Waals surface area (Å²) in [4.78, 5) is 2.27. The first-order valence-corrected chi connectivity index (χ1v) is 6.58. The molecule has 1 unspecified atom stereocenters. The molecule has 0 aliphatic carbocycles. The smallest absolute Gasteiger partial charge is 0.123 e. The van der Waals surface area contributed by atoms with Crippen molar-refractivity contribution in [3.63, 3.8) is 0 Å². The summed E-state index contributed by atoms with van der Waals surface area (Å²) in [5, 5.41) is 10.2. The van der Waals surface area contributed by atoms with E-state index in [1.54, 1.807) is 0 Å². The molecule has 3 heteroatoms.